The van der Waals surface area contributed by atoms with Crippen LogP contribution in [0.1, 0.15) is 35.9 Å². The Hall–Kier alpha value is -1.25. The van der Waals surface area contributed by atoms with Crippen molar-refractivity contribution in [3.63, 3.8) is 0 Å². The Labute approximate surface area is 81.7 Å². The second-order valence-electron chi connectivity index (χ2n) is 3.71. The second-order valence-corrected chi connectivity index (χ2v) is 3.71. The van der Waals surface area contributed by atoms with E-state index in [0.717, 1.165) is 0 Å². The van der Waals surface area contributed by atoms with Gasteiger partial charge in [0.2, 0.25) is 0 Å². The maximum atomic E-state index is 13.4. The third-order valence-corrected chi connectivity index (χ3v) is 1.97. The minimum Gasteiger partial charge on any atom is -0.298 e. The zero-order valence-corrected chi connectivity index (χ0v) is 8.13. The molecule has 0 heterocycles. The van der Waals surface area contributed by atoms with Gasteiger partial charge < -0.3 is 0 Å². The third kappa shape index (κ3) is 2.37. The first-order chi connectivity index (χ1) is 6.45. The first-order valence-electron chi connectivity index (χ1n) is 4.33. The van der Waals surface area contributed by atoms with Gasteiger partial charge in [-0.25, -0.2) is 8.78 Å². The van der Waals surface area contributed by atoms with Crippen LogP contribution in [0.3, 0.4) is 0 Å². The van der Waals surface area contributed by atoms with Crippen LogP contribution in [0.2, 0.25) is 0 Å². The lowest BCUT2D eigenvalue weighted by atomic mass is 9.97. The van der Waals surface area contributed by atoms with Crippen molar-refractivity contribution in [2.24, 2.45) is 0 Å². The highest BCUT2D eigenvalue weighted by Crippen LogP contribution is 2.32. The third-order valence-electron chi connectivity index (χ3n) is 1.97. The Morgan fingerprint density at radius 3 is 2.14 bits per heavy atom. The van der Waals surface area contributed by atoms with E-state index in [2.05, 4.69) is 0 Å². The summed E-state index contributed by atoms with van der Waals surface area (Å²) in [4.78, 5) is 10.3. The summed E-state index contributed by atoms with van der Waals surface area (Å²) in [6, 6.07) is 5.80. The van der Waals surface area contributed by atoms with Crippen molar-refractivity contribution in [2.75, 3.05) is 0 Å². The molecule has 0 bridgehead atoms. The number of hydrogen-bond donors (Lipinski definition) is 0. The summed E-state index contributed by atoms with van der Waals surface area (Å²) in [6.07, 6.45) is -0.999. The Bertz CT molecular complexity index is 311. The molecule has 14 heavy (non-hydrogen) atoms. The summed E-state index contributed by atoms with van der Waals surface area (Å²) in [6.45, 7) is 2.37. The molecule has 0 saturated carbocycles. The predicted octanol–water partition coefficient (Wildman–Crippen LogP) is 3.26. The molecule has 0 spiro atoms. The Morgan fingerprint density at radius 2 is 1.79 bits per heavy atom. The van der Waals surface area contributed by atoms with E-state index in [0.29, 0.717) is 11.8 Å². The van der Waals surface area contributed by atoms with Crippen LogP contribution >= 0.6 is 0 Å². The molecule has 0 aliphatic carbocycles. The number of alkyl halides is 2. The minimum absolute atomic E-state index is 0.253. The fraction of sp³-hybridized carbons (Fsp3) is 0.364. The monoisotopic (exact) mass is 198 g/mol. The minimum atomic E-state index is -1.90. The van der Waals surface area contributed by atoms with Gasteiger partial charge in [-0.2, -0.15) is 0 Å². The highest BCUT2D eigenvalue weighted by Gasteiger charge is 2.30. The highest BCUT2D eigenvalue weighted by molar-refractivity contribution is 5.74. The van der Waals surface area contributed by atoms with E-state index in [9.17, 15) is 13.6 Å². The van der Waals surface area contributed by atoms with E-state index in [1.165, 1.54) is 38.1 Å². The van der Waals surface area contributed by atoms with E-state index < -0.39 is 11.8 Å². The second kappa shape index (κ2) is 3.86. The summed E-state index contributed by atoms with van der Waals surface area (Å²) >= 11 is 0. The lowest BCUT2D eigenvalue weighted by Gasteiger charge is -2.19. The first-order valence-corrected chi connectivity index (χ1v) is 4.33. The van der Waals surface area contributed by atoms with Gasteiger partial charge in [-0.1, -0.05) is 24.3 Å². The number of halogens is 2. The van der Waals surface area contributed by atoms with Crippen LogP contribution in [0.5, 0.6) is 0 Å². The van der Waals surface area contributed by atoms with Crippen LogP contribution in [0, 0.1) is 0 Å². The van der Waals surface area contributed by atoms with Crippen LogP contribution in [-0.4, -0.2) is 12.0 Å². The molecule has 0 radical (unpaired) electrons. The molecule has 1 unspecified atom stereocenters. The molecule has 1 nitrogen and oxygen atoms in total. The molecule has 0 N–H and O–H groups in total. The Balaban J connectivity index is 2.92. The van der Waals surface area contributed by atoms with Gasteiger partial charge in [0.15, 0.2) is 6.17 Å². The molecule has 0 fully saturated rings. The number of carbonyl (C=O) groups excluding carboxylic acids is 1. The van der Waals surface area contributed by atoms with Crippen molar-refractivity contribution in [1.29, 1.82) is 0 Å². The van der Waals surface area contributed by atoms with Crippen LogP contribution < -0.4 is 0 Å². The van der Waals surface area contributed by atoms with E-state index in [1.807, 2.05) is 0 Å². The number of benzene rings is 1. The lowest BCUT2D eigenvalue weighted by Crippen LogP contribution is -2.20. The van der Waals surface area contributed by atoms with Crippen LogP contribution in [0.15, 0.2) is 24.3 Å². The number of hydrogen-bond acceptors (Lipinski definition) is 1. The summed E-state index contributed by atoms with van der Waals surface area (Å²) in [5, 5.41) is 0. The van der Waals surface area contributed by atoms with Gasteiger partial charge in [-0.15, -0.1) is 0 Å². The largest absolute Gasteiger partial charge is 0.298 e. The Morgan fingerprint density at radius 1 is 1.29 bits per heavy atom. The fourth-order valence-electron chi connectivity index (χ4n) is 1.14. The maximum Gasteiger partial charge on any atom is 0.158 e. The first kappa shape index (κ1) is 10.8. The fourth-order valence-corrected chi connectivity index (χ4v) is 1.14. The quantitative estimate of drug-likeness (QED) is 0.681. The summed E-state index contributed by atoms with van der Waals surface area (Å²) in [7, 11) is 0. The standard InChI is InChI=1S/C11H12F2O/c1-11(2,13)10(12)9-5-3-8(7-14)4-6-9/h3-7,10H,1-2H3. The van der Waals surface area contributed by atoms with Crippen molar-refractivity contribution in [3.8, 4) is 0 Å². The van der Waals surface area contributed by atoms with Crippen LogP contribution in [0.25, 0.3) is 0 Å². The summed E-state index contributed by atoms with van der Waals surface area (Å²) in [5.74, 6) is 0. The lowest BCUT2D eigenvalue weighted by molar-refractivity contribution is 0.0852. The van der Waals surface area contributed by atoms with Crippen molar-refractivity contribution in [2.45, 2.75) is 25.7 Å². The van der Waals surface area contributed by atoms with Crippen molar-refractivity contribution >= 4 is 6.29 Å². The van der Waals surface area contributed by atoms with E-state index >= 15 is 0 Å². The Kier molecular flexibility index (Phi) is 2.99. The van der Waals surface area contributed by atoms with Gasteiger partial charge in [0, 0.05) is 5.56 Å². The van der Waals surface area contributed by atoms with Crippen molar-refractivity contribution in [1.82, 2.24) is 0 Å². The van der Waals surface area contributed by atoms with Crippen LogP contribution in [0.4, 0.5) is 8.78 Å². The molecule has 0 saturated heterocycles. The topological polar surface area (TPSA) is 17.1 Å². The van der Waals surface area contributed by atoms with Crippen LogP contribution in [-0.2, 0) is 0 Å². The smallest absolute Gasteiger partial charge is 0.158 e. The molecule has 0 aromatic heterocycles. The van der Waals surface area contributed by atoms with E-state index in [-0.39, 0.29) is 5.56 Å². The molecule has 1 aromatic carbocycles. The summed E-state index contributed by atoms with van der Waals surface area (Å²) < 4.78 is 26.6. The maximum absolute atomic E-state index is 13.4. The molecule has 76 valence electrons. The highest BCUT2D eigenvalue weighted by atomic mass is 19.2. The molecule has 1 aromatic rings. The van der Waals surface area contributed by atoms with Gasteiger partial charge in [0.25, 0.3) is 0 Å². The summed E-state index contributed by atoms with van der Waals surface area (Å²) in [5.41, 5.74) is -1.19. The van der Waals surface area contributed by atoms with Gasteiger partial charge in [-0.3, -0.25) is 4.79 Å². The molecule has 1 rings (SSSR count). The van der Waals surface area contributed by atoms with Gasteiger partial charge in [-0.05, 0) is 19.4 Å². The average molecular weight is 198 g/mol. The molecule has 3 heteroatoms. The average Bonchev–Trinajstić information content (AvgIpc) is 2.15. The van der Waals surface area contributed by atoms with Gasteiger partial charge in [0.05, 0.1) is 0 Å². The molecular weight excluding hydrogens is 186 g/mol. The predicted molar refractivity (Wildman–Crippen MR) is 50.9 cm³/mol. The number of aldehydes is 1. The molecule has 0 amide bonds. The van der Waals surface area contributed by atoms with E-state index in [4.69, 9.17) is 0 Å². The molecule has 0 aliphatic rings. The number of carbonyl (C=O) groups is 1. The molecular formula is C11H12F2O. The molecule has 0 aliphatic heterocycles. The number of rotatable bonds is 3. The normalized spacial score (nSPS) is 13.7. The van der Waals surface area contributed by atoms with Gasteiger partial charge in [0.1, 0.15) is 12.0 Å². The van der Waals surface area contributed by atoms with Crippen molar-refractivity contribution < 1.29 is 13.6 Å². The SMILES string of the molecule is CC(C)(F)C(F)c1ccc(C=O)cc1. The zero-order valence-electron chi connectivity index (χ0n) is 8.13. The van der Waals surface area contributed by atoms with Gasteiger partial charge >= 0.3 is 0 Å². The molecule has 1 atom stereocenters. The van der Waals surface area contributed by atoms with E-state index in [1.54, 1.807) is 0 Å². The van der Waals surface area contributed by atoms with Crippen molar-refractivity contribution in [3.05, 3.63) is 35.4 Å². The zero-order chi connectivity index (χ0) is 10.8.